The molecule has 8 aromatic rings. The minimum Gasteiger partial charge on any atom is -0.310 e. The molecule has 0 unspecified atom stereocenters. The summed E-state index contributed by atoms with van der Waals surface area (Å²) in [6.07, 6.45) is 0. The van der Waals surface area contributed by atoms with Gasteiger partial charge in [0.2, 0.25) is 0 Å². The van der Waals surface area contributed by atoms with E-state index in [4.69, 9.17) is 0 Å². The molecule has 0 atom stereocenters. The molecule has 0 heterocycles. The molecule has 8 aromatic carbocycles. The van der Waals surface area contributed by atoms with E-state index in [1.807, 2.05) is 0 Å². The van der Waals surface area contributed by atoms with Crippen LogP contribution in [0.5, 0.6) is 0 Å². The minimum atomic E-state index is 1.12. The van der Waals surface area contributed by atoms with E-state index in [1.54, 1.807) is 0 Å². The Labute approximate surface area is 251 Å². The first-order valence-corrected chi connectivity index (χ1v) is 14.8. The summed E-state index contributed by atoms with van der Waals surface area (Å²) in [5.74, 6) is 0. The fourth-order valence-electron chi connectivity index (χ4n) is 6.30. The van der Waals surface area contributed by atoms with Crippen molar-refractivity contribution in [3.63, 3.8) is 0 Å². The Morgan fingerprint density at radius 2 is 0.814 bits per heavy atom. The Balaban J connectivity index is 1.37. The summed E-state index contributed by atoms with van der Waals surface area (Å²) < 4.78 is 0. The third-order valence-electron chi connectivity index (χ3n) is 8.39. The first kappa shape index (κ1) is 25.1. The molecule has 8 rings (SSSR count). The van der Waals surface area contributed by atoms with Gasteiger partial charge < -0.3 is 4.90 Å². The first-order valence-electron chi connectivity index (χ1n) is 14.8. The van der Waals surface area contributed by atoms with Crippen LogP contribution in [0.25, 0.3) is 54.6 Å². The molecule has 0 radical (unpaired) electrons. The van der Waals surface area contributed by atoms with Gasteiger partial charge in [0.05, 0.1) is 5.69 Å². The molecule has 0 bridgehead atoms. The molecular weight excluding hydrogens is 518 g/mol. The number of fused-ring (bicyclic) bond motifs is 4. The molecule has 202 valence electrons. The van der Waals surface area contributed by atoms with Gasteiger partial charge in [-0.15, -0.1) is 0 Å². The van der Waals surface area contributed by atoms with Crippen LogP contribution in [-0.4, -0.2) is 0 Å². The van der Waals surface area contributed by atoms with Crippen molar-refractivity contribution in [2.45, 2.75) is 0 Å². The van der Waals surface area contributed by atoms with E-state index in [0.717, 1.165) is 17.1 Å². The van der Waals surface area contributed by atoms with Crippen LogP contribution in [0.15, 0.2) is 176 Å². The van der Waals surface area contributed by atoms with Crippen molar-refractivity contribution in [1.82, 2.24) is 0 Å². The number of hydrogen-bond donors (Lipinski definition) is 0. The fraction of sp³-hybridized carbons (Fsp3) is 0. The normalized spacial score (nSPS) is 11.3. The second kappa shape index (κ2) is 10.6. The van der Waals surface area contributed by atoms with Crippen LogP contribution in [0, 0.1) is 0 Å². The van der Waals surface area contributed by atoms with Crippen molar-refractivity contribution in [3.05, 3.63) is 176 Å². The topological polar surface area (TPSA) is 3.24 Å². The van der Waals surface area contributed by atoms with Gasteiger partial charge in [0.1, 0.15) is 0 Å². The molecule has 0 aromatic heterocycles. The van der Waals surface area contributed by atoms with Gasteiger partial charge in [-0.1, -0.05) is 140 Å². The van der Waals surface area contributed by atoms with Crippen LogP contribution < -0.4 is 4.90 Å². The molecule has 0 aliphatic rings. The highest BCUT2D eigenvalue weighted by Gasteiger charge is 2.18. The molecule has 0 N–H and O–H groups in total. The van der Waals surface area contributed by atoms with Gasteiger partial charge in [-0.2, -0.15) is 0 Å². The van der Waals surface area contributed by atoms with Gasteiger partial charge in [-0.3, -0.25) is 0 Å². The summed E-state index contributed by atoms with van der Waals surface area (Å²) in [4.78, 5) is 2.42. The molecule has 0 spiro atoms. The van der Waals surface area contributed by atoms with Crippen LogP contribution in [0.1, 0.15) is 0 Å². The van der Waals surface area contributed by atoms with E-state index in [2.05, 4.69) is 181 Å². The maximum Gasteiger partial charge on any atom is 0.0546 e. The molecule has 0 saturated carbocycles. The van der Waals surface area contributed by atoms with Crippen molar-refractivity contribution in [2.75, 3.05) is 4.90 Å². The van der Waals surface area contributed by atoms with Crippen molar-refractivity contribution < 1.29 is 0 Å². The predicted molar refractivity (Wildman–Crippen MR) is 185 cm³/mol. The Hall–Kier alpha value is -5.66. The van der Waals surface area contributed by atoms with Gasteiger partial charge in [0.15, 0.2) is 0 Å². The lowest BCUT2D eigenvalue weighted by molar-refractivity contribution is 1.30. The van der Waals surface area contributed by atoms with Crippen LogP contribution in [0.2, 0.25) is 0 Å². The fourth-order valence-corrected chi connectivity index (χ4v) is 6.30. The Kier molecular flexibility index (Phi) is 6.20. The highest BCUT2D eigenvalue weighted by Crippen LogP contribution is 2.43. The molecule has 0 amide bonds. The van der Waals surface area contributed by atoms with E-state index in [-0.39, 0.29) is 0 Å². The Morgan fingerprint density at radius 1 is 0.279 bits per heavy atom. The van der Waals surface area contributed by atoms with Gasteiger partial charge in [0.25, 0.3) is 0 Å². The monoisotopic (exact) mass is 547 g/mol. The largest absolute Gasteiger partial charge is 0.310 e. The standard InChI is InChI=1S/C42H29N/c1-2-12-30(13-3-1)33-17-10-19-37(27-33)43(42-29-36-16-6-7-21-39(36)40-22-8-9-23-41(40)42)38-20-11-18-34(28-38)35-25-24-31-14-4-5-15-32(31)26-35/h1-29H. The van der Waals surface area contributed by atoms with Crippen LogP contribution in [-0.2, 0) is 0 Å². The molecular formula is C42H29N. The number of benzene rings is 8. The lowest BCUT2D eigenvalue weighted by Crippen LogP contribution is -2.11. The third kappa shape index (κ3) is 4.62. The summed E-state index contributed by atoms with van der Waals surface area (Å²) in [5, 5.41) is 7.48. The van der Waals surface area contributed by atoms with Crippen molar-refractivity contribution >= 4 is 49.4 Å². The van der Waals surface area contributed by atoms with E-state index >= 15 is 0 Å². The lowest BCUT2D eigenvalue weighted by Gasteiger charge is -2.28. The van der Waals surface area contributed by atoms with Gasteiger partial charge in [0, 0.05) is 16.8 Å². The highest BCUT2D eigenvalue weighted by atomic mass is 15.1. The summed E-state index contributed by atoms with van der Waals surface area (Å²) >= 11 is 0. The second-order valence-electron chi connectivity index (χ2n) is 11.0. The molecule has 1 heteroatoms. The zero-order valence-electron chi connectivity index (χ0n) is 23.7. The maximum absolute atomic E-state index is 2.42. The lowest BCUT2D eigenvalue weighted by atomic mass is 9.97. The second-order valence-corrected chi connectivity index (χ2v) is 11.0. The summed E-state index contributed by atoms with van der Waals surface area (Å²) in [6, 6.07) is 63.6. The maximum atomic E-state index is 2.42. The van der Waals surface area contributed by atoms with E-state index in [1.165, 1.54) is 54.6 Å². The molecule has 43 heavy (non-hydrogen) atoms. The summed E-state index contributed by atoms with van der Waals surface area (Å²) in [5.41, 5.74) is 8.21. The number of hydrogen-bond acceptors (Lipinski definition) is 1. The molecule has 0 saturated heterocycles. The quantitative estimate of drug-likeness (QED) is 0.194. The summed E-state index contributed by atoms with van der Waals surface area (Å²) in [7, 11) is 0. The first-order chi connectivity index (χ1) is 21.3. The van der Waals surface area contributed by atoms with Gasteiger partial charge in [-0.25, -0.2) is 0 Å². The third-order valence-corrected chi connectivity index (χ3v) is 8.39. The SMILES string of the molecule is c1ccc(-c2cccc(N(c3cccc(-c4ccc5ccccc5c4)c3)c3cc4ccccc4c4ccccc34)c2)cc1. The Bertz CT molecular complexity index is 2250. The van der Waals surface area contributed by atoms with Crippen LogP contribution in [0.3, 0.4) is 0 Å². The van der Waals surface area contributed by atoms with E-state index in [9.17, 15) is 0 Å². The van der Waals surface area contributed by atoms with Gasteiger partial charge in [-0.05, 0) is 85.6 Å². The van der Waals surface area contributed by atoms with Crippen LogP contribution >= 0.6 is 0 Å². The molecule has 0 aliphatic carbocycles. The number of rotatable bonds is 5. The van der Waals surface area contributed by atoms with E-state index in [0.29, 0.717) is 0 Å². The molecule has 1 nitrogen and oxygen atoms in total. The minimum absolute atomic E-state index is 1.12. The predicted octanol–water partition coefficient (Wildman–Crippen LogP) is 11.9. The molecule has 0 fully saturated rings. The zero-order chi connectivity index (χ0) is 28.6. The average Bonchev–Trinajstić information content (AvgIpc) is 3.09. The molecule has 0 aliphatic heterocycles. The van der Waals surface area contributed by atoms with Crippen molar-refractivity contribution in [3.8, 4) is 22.3 Å². The average molecular weight is 548 g/mol. The van der Waals surface area contributed by atoms with Gasteiger partial charge >= 0.3 is 0 Å². The number of nitrogens with zero attached hydrogens (tertiary/aromatic N) is 1. The highest BCUT2D eigenvalue weighted by molar-refractivity contribution is 6.14. The van der Waals surface area contributed by atoms with E-state index < -0.39 is 0 Å². The smallest absolute Gasteiger partial charge is 0.0546 e. The van der Waals surface area contributed by atoms with Crippen molar-refractivity contribution in [1.29, 1.82) is 0 Å². The summed E-state index contributed by atoms with van der Waals surface area (Å²) in [6.45, 7) is 0. The zero-order valence-corrected chi connectivity index (χ0v) is 23.7. The Morgan fingerprint density at radius 3 is 1.56 bits per heavy atom. The van der Waals surface area contributed by atoms with Crippen molar-refractivity contribution in [2.24, 2.45) is 0 Å². The number of anilines is 3. The van der Waals surface area contributed by atoms with Crippen LogP contribution in [0.4, 0.5) is 17.1 Å².